The molecule has 2 aliphatic carbocycles. The molecule has 0 aromatic heterocycles. The van der Waals surface area contributed by atoms with Crippen molar-refractivity contribution in [1.29, 1.82) is 0 Å². The number of fused-ring (bicyclic) bond motifs is 3. The van der Waals surface area contributed by atoms with E-state index in [2.05, 4.69) is 84.9 Å². The fourth-order valence-corrected chi connectivity index (χ4v) is 6.55. The highest BCUT2D eigenvalue weighted by molar-refractivity contribution is 8.06. The predicted octanol–water partition coefficient (Wildman–Crippen LogP) is 6.06. The van der Waals surface area contributed by atoms with Crippen LogP contribution < -0.4 is 15.8 Å². The largest absolute Gasteiger partial charge is 0.371 e. The van der Waals surface area contributed by atoms with Crippen molar-refractivity contribution in [3.8, 4) is 0 Å². The van der Waals surface area contributed by atoms with E-state index in [-0.39, 0.29) is 5.92 Å². The SMILES string of the molecule is C=C(/C=C\CF)S/C(=C\CN(CCCSOC)C1=C(S)C=CC2C=c3ccccc3=C(C)C1C2)NCS. The molecule has 3 nitrogen and oxygen atoms in total. The lowest BCUT2D eigenvalue weighted by Gasteiger charge is -2.34. The quantitative estimate of drug-likeness (QED) is 0.0822. The van der Waals surface area contributed by atoms with Gasteiger partial charge in [0.15, 0.2) is 0 Å². The van der Waals surface area contributed by atoms with Crippen LogP contribution in [0, 0.1) is 11.8 Å². The summed E-state index contributed by atoms with van der Waals surface area (Å²) in [5.74, 6) is 2.02. The summed E-state index contributed by atoms with van der Waals surface area (Å²) in [6.07, 6.45) is 14.2. The summed E-state index contributed by atoms with van der Waals surface area (Å²) in [5.41, 5.74) is 2.64. The average Bonchev–Trinajstić information content (AvgIpc) is 3.14. The van der Waals surface area contributed by atoms with Gasteiger partial charge in [-0.15, -0.1) is 12.6 Å². The lowest BCUT2D eigenvalue weighted by atomic mass is 9.88. The zero-order valence-electron chi connectivity index (χ0n) is 21.5. The van der Waals surface area contributed by atoms with Gasteiger partial charge in [-0.1, -0.05) is 78.6 Å². The number of rotatable bonds is 14. The molecule has 0 saturated heterocycles. The lowest BCUT2D eigenvalue weighted by molar-refractivity contribution is 0.339. The van der Waals surface area contributed by atoms with Gasteiger partial charge in [0.2, 0.25) is 0 Å². The number of nitrogens with zero attached hydrogens (tertiary/aromatic N) is 1. The van der Waals surface area contributed by atoms with Crippen molar-refractivity contribution < 1.29 is 8.57 Å². The second-order valence-corrected chi connectivity index (χ2v) is 11.8. The number of alkyl halides is 1. The lowest BCUT2D eigenvalue weighted by Crippen LogP contribution is -2.33. The van der Waals surface area contributed by atoms with Crippen LogP contribution in [0.25, 0.3) is 11.6 Å². The number of benzene rings is 1. The van der Waals surface area contributed by atoms with E-state index < -0.39 is 6.67 Å². The Morgan fingerprint density at radius 3 is 2.92 bits per heavy atom. The minimum Gasteiger partial charge on any atom is -0.371 e. The summed E-state index contributed by atoms with van der Waals surface area (Å²) in [5, 5.41) is 6.88. The molecule has 37 heavy (non-hydrogen) atoms. The molecule has 1 aromatic rings. The van der Waals surface area contributed by atoms with E-state index in [9.17, 15) is 4.39 Å². The van der Waals surface area contributed by atoms with Gasteiger partial charge < -0.3 is 14.4 Å². The number of allylic oxidation sites excluding steroid dienone is 5. The average molecular weight is 577 g/mol. The van der Waals surface area contributed by atoms with Crippen LogP contribution in [-0.2, 0) is 4.18 Å². The number of hydrogen-bond acceptors (Lipinski definition) is 7. The highest BCUT2D eigenvalue weighted by Crippen LogP contribution is 2.38. The van der Waals surface area contributed by atoms with E-state index in [4.69, 9.17) is 16.8 Å². The number of thioether (sulfide) groups is 1. The molecule has 2 bridgehead atoms. The highest BCUT2D eigenvalue weighted by Gasteiger charge is 2.29. The van der Waals surface area contributed by atoms with Crippen molar-refractivity contribution in [2.24, 2.45) is 11.8 Å². The zero-order valence-corrected chi connectivity index (χ0v) is 25.0. The van der Waals surface area contributed by atoms with E-state index in [1.807, 2.05) is 0 Å². The van der Waals surface area contributed by atoms with Crippen LogP contribution in [0.3, 0.4) is 0 Å². The van der Waals surface area contributed by atoms with Crippen molar-refractivity contribution in [3.05, 3.63) is 92.2 Å². The van der Waals surface area contributed by atoms with Crippen LogP contribution in [0.1, 0.15) is 19.8 Å². The second kappa shape index (κ2) is 15.8. The Balaban J connectivity index is 1.98. The molecule has 2 atom stereocenters. The molecule has 1 N–H and O–H groups in total. The number of thiol groups is 2. The number of hydrogen-bond donors (Lipinski definition) is 3. The number of halogens is 1. The van der Waals surface area contributed by atoms with Crippen LogP contribution in [0.4, 0.5) is 4.39 Å². The van der Waals surface area contributed by atoms with Gasteiger partial charge >= 0.3 is 0 Å². The zero-order chi connectivity index (χ0) is 26.6. The molecular formula is C29H37FN2OS4. The van der Waals surface area contributed by atoms with E-state index >= 15 is 0 Å². The van der Waals surface area contributed by atoms with Crippen LogP contribution in [-0.4, -0.2) is 43.4 Å². The normalized spacial score (nSPS) is 19.4. The van der Waals surface area contributed by atoms with Gasteiger partial charge in [-0.3, -0.25) is 0 Å². The first-order valence-electron chi connectivity index (χ1n) is 12.4. The van der Waals surface area contributed by atoms with Crippen LogP contribution in [0.5, 0.6) is 0 Å². The summed E-state index contributed by atoms with van der Waals surface area (Å²) in [6.45, 7) is 7.39. The molecular weight excluding hydrogens is 540 g/mol. The molecule has 2 aliphatic rings. The Hall–Kier alpha value is -1.45. The van der Waals surface area contributed by atoms with Gasteiger partial charge in [0.05, 0.1) is 18.0 Å². The topological polar surface area (TPSA) is 24.5 Å². The molecule has 2 unspecified atom stereocenters. The Morgan fingerprint density at radius 1 is 1.35 bits per heavy atom. The Kier molecular flexibility index (Phi) is 12.9. The molecule has 8 heteroatoms. The summed E-state index contributed by atoms with van der Waals surface area (Å²) < 4.78 is 17.8. The van der Waals surface area contributed by atoms with Gasteiger partial charge in [-0.05, 0) is 54.2 Å². The Bertz CT molecular complexity index is 1170. The second-order valence-electron chi connectivity index (χ2n) is 8.84. The molecule has 0 amide bonds. The minimum absolute atomic E-state index is 0.257. The molecule has 0 aliphatic heterocycles. The van der Waals surface area contributed by atoms with Gasteiger partial charge in [0.25, 0.3) is 0 Å². The maximum absolute atomic E-state index is 12.6. The first-order chi connectivity index (χ1) is 18.0. The third-order valence-electron chi connectivity index (χ3n) is 6.40. The summed E-state index contributed by atoms with van der Waals surface area (Å²) in [7, 11) is 1.71. The molecule has 0 saturated carbocycles. The molecule has 3 rings (SSSR count). The van der Waals surface area contributed by atoms with Crippen molar-refractivity contribution in [3.63, 3.8) is 0 Å². The minimum atomic E-state index is -0.503. The van der Waals surface area contributed by atoms with Crippen molar-refractivity contribution >= 4 is 60.7 Å². The van der Waals surface area contributed by atoms with Crippen molar-refractivity contribution in [1.82, 2.24) is 10.2 Å². The van der Waals surface area contributed by atoms with E-state index in [1.165, 1.54) is 51.6 Å². The standard InChI is InChI=1S/C29H37FN2OS4/c1-21(8-6-14-30)37-28(31-20-34)13-16-32(15-7-17-36-33-3)29-26-19-23(11-12-27(29)35)18-24-9-4-5-10-25(24)22(26)2/h4-6,8-13,18,23,26,31,34-35H,1,7,14-17,19-20H2,2-3H3/b8-6-,28-13-. The summed E-state index contributed by atoms with van der Waals surface area (Å²) in [4.78, 5) is 4.24. The first kappa shape index (κ1) is 30.1. The fourth-order valence-electron chi connectivity index (χ4n) is 4.73. The predicted molar refractivity (Wildman–Crippen MR) is 169 cm³/mol. The monoisotopic (exact) mass is 576 g/mol. The maximum Gasteiger partial charge on any atom is 0.108 e. The number of nitrogens with one attached hydrogen (secondary N) is 1. The summed E-state index contributed by atoms with van der Waals surface area (Å²) in [6, 6.07) is 8.69. The van der Waals surface area contributed by atoms with Gasteiger partial charge in [-0.2, -0.15) is 12.6 Å². The molecule has 0 spiro atoms. The molecule has 0 fully saturated rings. The van der Waals surface area contributed by atoms with Crippen LogP contribution in [0.2, 0.25) is 0 Å². The molecule has 1 aromatic carbocycles. The third-order valence-corrected chi connectivity index (χ3v) is 8.56. The fraction of sp³-hybridized carbons (Fsp3) is 0.379. The smallest absolute Gasteiger partial charge is 0.108 e. The first-order valence-corrected chi connectivity index (χ1v) is 15.2. The van der Waals surface area contributed by atoms with Gasteiger partial charge in [0, 0.05) is 40.3 Å². The Morgan fingerprint density at radius 2 is 2.16 bits per heavy atom. The van der Waals surface area contributed by atoms with Gasteiger partial charge in [0.1, 0.15) is 6.67 Å². The van der Waals surface area contributed by atoms with E-state index in [1.54, 1.807) is 13.2 Å². The Labute approximate surface area is 240 Å². The van der Waals surface area contributed by atoms with Crippen LogP contribution >= 0.6 is 49.1 Å². The van der Waals surface area contributed by atoms with Crippen molar-refractivity contribution in [2.45, 2.75) is 19.8 Å². The van der Waals surface area contributed by atoms with E-state index in [0.29, 0.717) is 18.3 Å². The molecule has 0 heterocycles. The third kappa shape index (κ3) is 8.79. The van der Waals surface area contributed by atoms with Crippen LogP contribution in [0.15, 0.2) is 81.8 Å². The van der Waals surface area contributed by atoms with Crippen molar-refractivity contribution in [2.75, 3.05) is 38.5 Å². The maximum atomic E-state index is 12.6. The van der Waals surface area contributed by atoms with E-state index in [0.717, 1.165) is 40.0 Å². The highest BCUT2D eigenvalue weighted by atomic mass is 32.2. The molecule has 0 radical (unpaired) electrons. The summed E-state index contributed by atoms with van der Waals surface area (Å²) >= 11 is 12.4. The molecule has 200 valence electrons. The van der Waals surface area contributed by atoms with Gasteiger partial charge in [-0.25, -0.2) is 4.39 Å².